The van der Waals surface area contributed by atoms with Crippen LogP contribution >= 0.6 is 0 Å². The van der Waals surface area contributed by atoms with E-state index in [2.05, 4.69) is 15.3 Å². The molecule has 0 radical (unpaired) electrons. The molecule has 0 unspecified atom stereocenters. The number of rotatable bonds is 6. The zero-order valence-corrected chi connectivity index (χ0v) is 14.3. The minimum absolute atomic E-state index is 0.114. The van der Waals surface area contributed by atoms with Crippen LogP contribution < -0.4 is 10.5 Å². The number of nitrogens with one attached hydrogen (secondary N) is 1. The average molecular weight is 354 g/mol. The molecule has 0 aliphatic carbocycles. The van der Waals surface area contributed by atoms with Crippen LogP contribution in [0.15, 0.2) is 71.8 Å². The molecule has 0 bridgehead atoms. The van der Waals surface area contributed by atoms with Crippen LogP contribution in [0.1, 0.15) is 5.56 Å². The quantitative estimate of drug-likeness (QED) is 0.708. The molecule has 3 rings (SSSR count). The van der Waals surface area contributed by atoms with Gasteiger partial charge in [0.25, 0.3) is 0 Å². The van der Waals surface area contributed by atoms with E-state index in [1.807, 2.05) is 36.4 Å². The van der Waals surface area contributed by atoms with Crippen LogP contribution in [0, 0.1) is 0 Å². The molecule has 3 aromatic rings. The number of aromatic nitrogens is 2. The van der Waals surface area contributed by atoms with Gasteiger partial charge in [-0.05, 0) is 30.2 Å². The van der Waals surface area contributed by atoms with Crippen molar-refractivity contribution in [1.29, 1.82) is 0 Å². The molecule has 1 aromatic heterocycles. The van der Waals surface area contributed by atoms with E-state index >= 15 is 0 Å². The summed E-state index contributed by atoms with van der Waals surface area (Å²) in [5.41, 5.74) is 2.89. The Morgan fingerprint density at radius 1 is 0.960 bits per heavy atom. The zero-order valence-electron chi connectivity index (χ0n) is 13.5. The monoisotopic (exact) mass is 354 g/mol. The van der Waals surface area contributed by atoms with E-state index in [1.54, 1.807) is 18.3 Å². The molecule has 0 saturated carbocycles. The van der Waals surface area contributed by atoms with Crippen LogP contribution in [0.4, 0.5) is 5.95 Å². The number of hydrogen-bond acceptors (Lipinski definition) is 5. The van der Waals surface area contributed by atoms with E-state index in [0.717, 1.165) is 16.8 Å². The Bertz CT molecular complexity index is 942. The second-order valence-corrected chi connectivity index (χ2v) is 7.06. The lowest BCUT2D eigenvalue weighted by atomic mass is 10.1. The van der Waals surface area contributed by atoms with E-state index in [-0.39, 0.29) is 4.90 Å². The molecule has 1 heterocycles. The van der Waals surface area contributed by atoms with Gasteiger partial charge in [0.1, 0.15) is 0 Å². The van der Waals surface area contributed by atoms with Gasteiger partial charge in [0, 0.05) is 18.3 Å². The molecule has 0 saturated heterocycles. The van der Waals surface area contributed by atoms with Crippen molar-refractivity contribution in [1.82, 2.24) is 9.97 Å². The van der Waals surface area contributed by atoms with Crippen LogP contribution in [0.5, 0.6) is 0 Å². The molecule has 0 spiro atoms. The second kappa shape index (κ2) is 7.42. The molecule has 0 aliphatic heterocycles. The number of nitrogens with two attached hydrogens (primary N) is 1. The molecule has 6 nitrogen and oxygen atoms in total. The van der Waals surface area contributed by atoms with Crippen LogP contribution in [-0.2, 0) is 16.4 Å². The fraction of sp³-hybridized carbons (Fsp3) is 0.111. The van der Waals surface area contributed by atoms with Crippen molar-refractivity contribution in [2.45, 2.75) is 11.3 Å². The molecule has 3 N–H and O–H groups in total. The van der Waals surface area contributed by atoms with Gasteiger partial charge < -0.3 is 5.32 Å². The summed E-state index contributed by atoms with van der Waals surface area (Å²) in [7, 11) is -3.65. The smallest absolute Gasteiger partial charge is 0.238 e. The molecule has 0 amide bonds. The van der Waals surface area contributed by atoms with Gasteiger partial charge in [-0.25, -0.2) is 23.5 Å². The lowest BCUT2D eigenvalue weighted by Crippen LogP contribution is -2.12. The van der Waals surface area contributed by atoms with Gasteiger partial charge in [-0.3, -0.25) is 0 Å². The Labute approximate surface area is 146 Å². The maximum absolute atomic E-state index is 11.2. The first-order valence-corrected chi connectivity index (χ1v) is 9.31. The summed E-state index contributed by atoms with van der Waals surface area (Å²) in [5, 5.41) is 8.27. The number of nitrogens with zero attached hydrogens (tertiary/aromatic N) is 2. The lowest BCUT2D eigenvalue weighted by Gasteiger charge is -2.07. The molecule has 0 atom stereocenters. The maximum atomic E-state index is 11.2. The van der Waals surface area contributed by atoms with Crippen LogP contribution in [-0.4, -0.2) is 24.9 Å². The second-order valence-electron chi connectivity index (χ2n) is 5.50. The molecule has 0 fully saturated rings. The van der Waals surface area contributed by atoms with E-state index in [1.165, 1.54) is 12.1 Å². The highest BCUT2D eigenvalue weighted by molar-refractivity contribution is 7.89. The van der Waals surface area contributed by atoms with Crippen LogP contribution in [0.2, 0.25) is 0 Å². The van der Waals surface area contributed by atoms with Gasteiger partial charge in [-0.2, -0.15) is 0 Å². The Morgan fingerprint density at radius 2 is 1.68 bits per heavy atom. The largest absolute Gasteiger partial charge is 0.354 e. The summed E-state index contributed by atoms with van der Waals surface area (Å²) < 4.78 is 22.5. The summed E-state index contributed by atoms with van der Waals surface area (Å²) in [6, 6.07) is 18.3. The zero-order chi connectivity index (χ0) is 17.7. The average Bonchev–Trinajstić information content (AvgIpc) is 2.62. The predicted molar refractivity (Wildman–Crippen MR) is 97.5 cm³/mol. The van der Waals surface area contributed by atoms with E-state index in [0.29, 0.717) is 18.9 Å². The van der Waals surface area contributed by atoms with E-state index in [9.17, 15) is 8.42 Å². The summed E-state index contributed by atoms with van der Waals surface area (Å²) in [6.45, 7) is 0.632. The Hall–Kier alpha value is -2.77. The SMILES string of the molecule is NS(=O)(=O)c1ccc(CCNc2nccc(-c3ccccc3)n2)cc1. The summed E-state index contributed by atoms with van der Waals surface area (Å²) in [5.74, 6) is 0.558. The molecular weight excluding hydrogens is 336 g/mol. The van der Waals surface area contributed by atoms with Crippen LogP contribution in [0.3, 0.4) is 0 Å². The normalized spacial score (nSPS) is 11.2. The maximum Gasteiger partial charge on any atom is 0.238 e. The number of anilines is 1. The van der Waals surface area contributed by atoms with Gasteiger partial charge in [-0.15, -0.1) is 0 Å². The van der Waals surface area contributed by atoms with Gasteiger partial charge in [0.05, 0.1) is 10.6 Å². The van der Waals surface area contributed by atoms with Crippen molar-refractivity contribution in [3.05, 3.63) is 72.4 Å². The lowest BCUT2D eigenvalue weighted by molar-refractivity contribution is 0.598. The fourth-order valence-corrected chi connectivity index (χ4v) is 2.89. The van der Waals surface area contributed by atoms with Gasteiger partial charge in [-0.1, -0.05) is 42.5 Å². The minimum Gasteiger partial charge on any atom is -0.354 e. The van der Waals surface area contributed by atoms with E-state index in [4.69, 9.17) is 5.14 Å². The highest BCUT2D eigenvalue weighted by Gasteiger charge is 2.07. The number of hydrogen-bond donors (Lipinski definition) is 2. The third kappa shape index (κ3) is 4.62. The first-order valence-electron chi connectivity index (χ1n) is 7.76. The molecule has 128 valence electrons. The van der Waals surface area contributed by atoms with Crippen molar-refractivity contribution in [2.75, 3.05) is 11.9 Å². The number of sulfonamides is 1. The summed E-state index contributed by atoms with van der Waals surface area (Å²) >= 11 is 0. The van der Waals surface area contributed by atoms with Crippen molar-refractivity contribution >= 4 is 16.0 Å². The Kier molecular flexibility index (Phi) is 5.06. The van der Waals surface area contributed by atoms with E-state index < -0.39 is 10.0 Å². The van der Waals surface area contributed by atoms with Gasteiger partial charge >= 0.3 is 0 Å². The summed E-state index contributed by atoms with van der Waals surface area (Å²) in [4.78, 5) is 8.84. The summed E-state index contributed by atoms with van der Waals surface area (Å²) in [6.07, 6.45) is 2.43. The first-order chi connectivity index (χ1) is 12.0. The van der Waals surface area contributed by atoms with Crippen LogP contribution in [0.25, 0.3) is 11.3 Å². The number of primary sulfonamides is 1. The van der Waals surface area contributed by atoms with Crippen molar-refractivity contribution < 1.29 is 8.42 Å². The third-order valence-corrected chi connectivity index (χ3v) is 4.60. The van der Waals surface area contributed by atoms with Crippen molar-refractivity contribution in [3.8, 4) is 11.3 Å². The fourth-order valence-electron chi connectivity index (χ4n) is 2.38. The standard InChI is InChI=1S/C18H18N4O2S/c19-25(23,24)16-8-6-14(7-9-16)10-12-20-18-21-13-11-17(22-18)15-4-2-1-3-5-15/h1-9,11,13H,10,12H2,(H2,19,23,24)(H,20,21,22). The third-order valence-electron chi connectivity index (χ3n) is 3.67. The molecular formula is C18H18N4O2S. The Morgan fingerprint density at radius 3 is 2.36 bits per heavy atom. The minimum atomic E-state index is -3.65. The Balaban J connectivity index is 1.61. The van der Waals surface area contributed by atoms with Gasteiger partial charge in [0.2, 0.25) is 16.0 Å². The topological polar surface area (TPSA) is 98.0 Å². The first kappa shape index (κ1) is 17.1. The predicted octanol–water partition coefficient (Wildman–Crippen LogP) is 2.45. The highest BCUT2D eigenvalue weighted by atomic mass is 32.2. The molecule has 2 aromatic carbocycles. The van der Waals surface area contributed by atoms with Crippen molar-refractivity contribution in [2.24, 2.45) is 5.14 Å². The highest BCUT2D eigenvalue weighted by Crippen LogP contribution is 2.16. The van der Waals surface area contributed by atoms with Gasteiger partial charge in [0.15, 0.2) is 0 Å². The molecule has 25 heavy (non-hydrogen) atoms. The van der Waals surface area contributed by atoms with Crippen molar-refractivity contribution in [3.63, 3.8) is 0 Å². The number of benzene rings is 2. The molecule has 7 heteroatoms. The molecule has 0 aliphatic rings.